The van der Waals surface area contributed by atoms with Crippen LogP contribution in [-0.2, 0) is 20.7 Å². The standard InChI is InChI=1S/C8H10.C4H2O3/c1-2-8-6-4-3-5-7-8;5-3-1-2-4(6)7-3/h3-7H,2H2,1H3;1-2H. The van der Waals surface area contributed by atoms with Crippen molar-refractivity contribution in [3.8, 4) is 0 Å². The molecule has 1 aliphatic rings. The highest BCUT2D eigenvalue weighted by Crippen LogP contribution is 1.96. The zero-order valence-corrected chi connectivity index (χ0v) is 8.47. The van der Waals surface area contributed by atoms with Crippen molar-refractivity contribution in [2.24, 2.45) is 0 Å². The summed E-state index contributed by atoms with van der Waals surface area (Å²) in [7, 11) is 0. The predicted octanol–water partition coefficient (Wildman–Crippen LogP) is 1.87. The van der Waals surface area contributed by atoms with Gasteiger partial charge in [-0.2, -0.15) is 0 Å². The lowest BCUT2D eigenvalue weighted by Gasteiger charge is -1.89. The maximum atomic E-state index is 9.92. The second-order valence-corrected chi connectivity index (χ2v) is 2.91. The fraction of sp³-hybridized carbons (Fsp3) is 0.167. The van der Waals surface area contributed by atoms with Gasteiger partial charge >= 0.3 is 11.9 Å². The minimum absolute atomic E-state index is 0.579. The summed E-state index contributed by atoms with van der Waals surface area (Å²) in [5.41, 5.74) is 1.41. The van der Waals surface area contributed by atoms with Gasteiger partial charge in [-0.25, -0.2) is 9.59 Å². The van der Waals surface area contributed by atoms with Gasteiger partial charge in [0.15, 0.2) is 0 Å². The van der Waals surface area contributed by atoms with E-state index in [1.807, 2.05) is 6.07 Å². The Bertz CT molecular complexity index is 350. The second kappa shape index (κ2) is 5.75. The molecule has 0 saturated heterocycles. The first kappa shape index (κ1) is 11.2. The third kappa shape index (κ3) is 4.22. The molecule has 3 heteroatoms. The first-order valence-electron chi connectivity index (χ1n) is 4.70. The van der Waals surface area contributed by atoms with Crippen molar-refractivity contribution in [3.63, 3.8) is 0 Å². The minimum atomic E-state index is -0.579. The smallest absolute Gasteiger partial charge is 0.338 e. The number of aryl methyl sites for hydroxylation is 1. The van der Waals surface area contributed by atoms with E-state index in [-0.39, 0.29) is 0 Å². The lowest BCUT2D eigenvalue weighted by molar-refractivity contribution is -0.150. The van der Waals surface area contributed by atoms with E-state index >= 15 is 0 Å². The highest BCUT2D eigenvalue weighted by Gasteiger charge is 2.10. The molecule has 0 unspecified atom stereocenters. The Labute approximate surface area is 88.4 Å². The van der Waals surface area contributed by atoms with Crippen LogP contribution >= 0.6 is 0 Å². The Kier molecular flexibility index (Phi) is 4.29. The number of carbonyl (C=O) groups is 2. The van der Waals surface area contributed by atoms with Crippen molar-refractivity contribution in [2.75, 3.05) is 0 Å². The van der Waals surface area contributed by atoms with Gasteiger partial charge in [0.2, 0.25) is 0 Å². The van der Waals surface area contributed by atoms with Crippen LogP contribution < -0.4 is 0 Å². The van der Waals surface area contributed by atoms with E-state index in [2.05, 4.69) is 35.9 Å². The van der Waals surface area contributed by atoms with Gasteiger partial charge in [-0.05, 0) is 12.0 Å². The molecule has 0 fully saturated rings. The van der Waals surface area contributed by atoms with Crippen LogP contribution in [-0.4, -0.2) is 11.9 Å². The van der Waals surface area contributed by atoms with Crippen molar-refractivity contribution < 1.29 is 14.3 Å². The highest BCUT2D eigenvalue weighted by molar-refractivity contribution is 6.04. The van der Waals surface area contributed by atoms with Crippen LogP contribution in [0.15, 0.2) is 42.5 Å². The van der Waals surface area contributed by atoms with Crippen LogP contribution in [0, 0.1) is 0 Å². The van der Waals surface area contributed by atoms with Crippen molar-refractivity contribution in [1.29, 1.82) is 0 Å². The van der Waals surface area contributed by atoms with Gasteiger partial charge in [0.25, 0.3) is 0 Å². The molecule has 0 radical (unpaired) electrons. The average molecular weight is 204 g/mol. The Morgan fingerprint density at radius 1 is 1.00 bits per heavy atom. The molecule has 1 aromatic rings. The van der Waals surface area contributed by atoms with E-state index in [0.29, 0.717) is 0 Å². The maximum absolute atomic E-state index is 9.92. The van der Waals surface area contributed by atoms with E-state index in [9.17, 15) is 9.59 Å². The monoisotopic (exact) mass is 204 g/mol. The fourth-order valence-electron chi connectivity index (χ4n) is 1.02. The summed E-state index contributed by atoms with van der Waals surface area (Å²) >= 11 is 0. The van der Waals surface area contributed by atoms with Gasteiger partial charge in [-0.3, -0.25) is 0 Å². The average Bonchev–Trinajstić information content (AvgIpc) is 2.65. The zero-order chi connectivity index (χ0) is 11.1. The van der Waals surface area contributed by atoms with Gasteiger partial charge in [0, 0.05) is 12.2 Å². The summed E-state index contributed by atoms with van der Waals surface area (Å²) in [6, 6.07) is 10.5. The molecule has 0 aliphatic carbocycles. The lowest BCUT2D eigenvalue weighted by atomic mass is 10.2. The van der Waals surface area contributed by atoms with E-state index in [0.717, 1.165) is 18.6 Å². The quantitative estimate of drug-likeness (QED) is 0.518. The lowest BCUT2D eigenvalue weighted by Crippen LogP contribution is -1.96. The zero-order valence-electron chi connectivity index (χ0n) is 8.47. The fourth-order valence-corrected chi connectivity index (χ4v) is 1.02. The molecule has 0 saturated carbocycles. The van der Waals surface area contributed by atoms with Gasteiger partial charge in [-0.15, -0.1) is 0 Å². The normalized spacial score (nSPS) is 13.1. The van der Waals surface area contributed by atoms with Crippen molar-refractivity contribution in [1.82, 2.24) is 0 Å². The molecule has 0 N–H and O–H groups in total. The number of esters is 2. The molecule has 0 bridgehead atoms. The molecular formula is C12H12O3. The van der Waals surface area contributed by atoms with Crippen LogP contribution in [0.3, 0.4) is 0 Å². The second-order valence-electron chi connectivity index (χ2n) is 2.91. The third-order valence-electron chi connectivity index (χ3n) is 1.81. The van der Waals surface area contributed by atoms with Crippen LogP contribution in [0.2, 0.25) is 0 Å². The summed E-state index contributed by atoms with van der Waals surface area (Å²) in [5.74, 6) is -1.16. The molecular weight excluding hydrogens is 192 g/mol. The SMILES string of the molecule is CCc1ccccc1.O=C1C=CC(=O)O1. The number of hydrogen-bond donors (Lipinski definition) is 0. The molecule has 0 amide bonds. The molecule has 1 aliphatic heterocycles. The summed E-state index contributed by atoms with van der Waals surface area (Å²) in [5, 5.41) is 0. The molecule has 1 aromatic carbocycles. The molecule has 15 heavy (non-hydrogen) atoms. The van der Waals surface area contributed by atoms with Crippen molar-refractivity contribution >= 4 is 11.9 Å². The number of benzene rings is 1. The number of hydrogen-bond acceptors (Lipinski definition) is 3. The molecule has 78 valence electrons. The van der Waals surface area contributed by atoms with Crippen LogP contribution in [0.5, 0.6) is 0 Å². The van der Waals surface area contributed by atoms with Crippen molar-refractivity contribution in [3.05, 3.63) is 48.0 Å². The molecule has 0 aromatic heterocycles. The van der Waals surface area contributed by atoms with E-state index in [4.69, 9.17) is 0 Å². The van der Waals surface area contributed by atoms with E-state index < -0.39 is 11.9 Å². The third-order valence-corrected chi connectivity index (χ3v) is 1.81. The molecule has 1 heterocycles. The summed E-state index contributed by atoms with van der Waals surface area (Å²) in [6.07, 6.45) is 3.31. The predicted molar refractivity (Wildman–Crippen MR) is 56.1 cm³/mol. The summed E-state index contributed by atoms with van der Waals surface area (Å²) in [6.45, 7) is 2.16. The van der Waals surface area contributed by atoms with Crippen LogP contribution in [0.1, 0.15) is 12.5 Å². The van der Waals surface area contributed by atoms with Crippen molar-refractivity contribution in [2.45, 2.75) is 13.3 Å². The molecule has 0 spiro atoms. The van der Waals surface area contributed by atoms with Gasteiger partial charge < -0.3 is 4.74 Å². The Balaban J connectivity index is 0.000000151. The summed E-state index contributed by atoms with van der Waals surface area (Å²) in [4.78, 5) is 19.8. The number of rotatable bonds is 1. The van der Waals surface area contributed by atoms with Gasteiger partial charge in [0.05, 0.1) is 0 Å². The minimum Gasteiger partial charge on any atom is -0.387 e. The van der Waals surface area contributed by atoms with Gasteiger partial charge in [-0.1, -0.05) is 37.3 Å². The first-order valence-corrected chi connectivity index (χ1v) is 4.70. The molecule has 3 nitrogen and oxygen atoms in total. The number of carbonyl (C=O) groups excluding carboxylic acids is 2. The number of ether oxygens (including phenoxy) is 1. The topological polar surface area (TPSA) is 43.4 Å². The Morgan fingerprint density at radius 2 is 1.53 bits per heavy atom. The number of cyclic esters (lactones) is 2. The highest BCUT2D eigenvalue weighted by atomic mass is 16.6. The Hall–Kier alpha value is -1.90. The van der Waals surface area contributed by atoms with E-state index in [1.54, 1.807) is 0 Å². The van der Waals surface area contributed by atoms with Crippen LogP contribution in [0.25, 0.3) is 0 Å². The van der Waals surface area contributed by atoms with Gasteiger partial charge in [0.1, 0.15) is 0 Å². The van der Waals surface area contributed by atoms with Crippen LogP contribution in [0.4, 0.5) is 0 Å². The first-order chi connectivity index (χ1) is 7.22. The Morgan fingerprint density at radius 3 is 1.80 bits per heavy atom. The van der Waals surface area contributed by atoms with E-state index in [1.165, 1.54) is 5.56 Å². The molecule has 2 rings (SSSR count). The largest absolute Gasteiger partial charge is 0.387 e. The summed E-state index contributed by atoms with van der Waals surface area (Å²) < 4.78 is 3.97. The molecule has 0 atom stereocenters. The maximum Gasteiger partial charge on any atom is 0.338 e.